The molecule has 27 heavy (non-hydrogen) atoms. The van der Waals surface area contributed by atoms with Crippen LogP contribution < -0.4 is 5.14 Å². The molecule has 0 fully saturated rings. The van der Waals surface area contributed by atoms with Gasteiger partial charge in [-0.1, -0.05) is 23.7 Å². The van der Waals surface area contributed by atoms with Crippen molar-refractivity contribution in [3.05, 3.63) is 52.9 Å². The third-order valence-electron chi connectivity index (χ3n) is 3.56. The first kappa shape index (κ1) is 19.3. The number of alkyl halides is 3. The third kappa shape index (κ3) is 3.94. The van der Waals surface area contributed by atoms with Gasteiger partial charge in [0.1, 0.15) is 4.90 Å². The first-order chi connectivity index (χ1) is 12.5. The van der Waals surface area contributed by atoms with Gasteiger partial charge in [0.2, 0.25) is 10.0 Å². The molecule has 7 nitrogen and oxygen atoms in total. The van der Waals surface area contributed by atoms with Crippen LogP contribution in [0.5, 0.6) is 0 Å². The number of aryl methyl sites for hydroxylation is 1. The van der Waals surface area contributed by atoms with Crippen molar-refractivity contribution >= 4 is 21.6 Å². The summed E-state index contributed by atoms with van der Waals surface area (Å²) in [7, 11) is -4.00. The highest BCUT2D eigenvalue weighted by Gasteiger charge is 2.37. The molecule has 0 aliphatic rings. The molecule has 0 amide bonds. The maximum Gasteiger partial charge on any atom is 0.453 e. The van der Waals surface area contributed by atoms with E-state index in [4.69, 9.17) is 16.7 Å². The molecule has 0 saturated carbocycles. The van der Waals surface area contributed by atoms with Crippen LogP contribution in [-0.2, 0) is 16.2 Å². The molecule has 0 aliphatic heterocycles. The maximum absolute atomic E-state index is 13.1. The predicted octanol–water partition coefficient (Wildman–Crippen LogP) is 2.96. The monoisotopic (exact) mass is 417 g/mol. The van der Waals surface area contributed by atoms with Crippen molar-refractivity contribution in [3.8, 4) is 17.2 Å². The lowest BCUT2D eigenvalue weighted by Gasteiger charge is -2.07. The fourth-order valence-electron chi connectivity index (χ4n) is 2.18. The summed E-state index contributed by atoms with van der Waals surface area (Å²) < 4.78 is 62.8. The van der Waals surface area contributed by atoms with E-state index >= 15 is 0 Å². The topological polar surface area (TPSA) is 104 Å². The molecule has 3 rings (SSSR count). The van der Waals surface area contributed by atoms with Crippen molar-refractivity contribution in [2.45, 2.75) is 18.0 Å². The second-order valence-electron chi connectivity index (χ2n) is 5.53. The van der Waals surface area contributed by atoms with E-state index in [1.54, 1.807) is 19.1 Å². The number of nitrogens with two attached hydrogens (primary N) is 1. The molecule has 2 N–H and O–H groups in total. The van der Waals surface area contributed by atoms with Crippen molar-refractivity contribution in [1.82, 2.24) is 19.7 Å². The smallest absolute Gasteiger partial charge is 0.236 e. The quantitative estimate of drug-likeness (QED) is 0.705. The molecular weight excluding hydrogens is 407 g/mol. The number of rotatable bonds is 3. The van der Waals surface area contributed by atoms with Crippen LogP contribution in [0.3, 0.4) is 0 Å². The standard InChI is InChI=1S/C15H11ClF3N5O2S/c1-8-2-3-9(6-11(8)16)13-22-14(15(17,18)19)23-24(13)12-5-4-10(7-21-12)27(20,25)26/h2-7H,1H3,(H2,20,25,26). The largest absolute Gasteiger partial charge is 0.453 e. The normalized spacial score (nSPS) is 12.4. The molecule has 3 aromatic rings. The first-order valence-corrected chi connectivity index (χ1v) is 9.19. The highest BCUT2D eigenvalue weighted by Crippen LogP contribution is 2.31. The molecule has 2 aromatic heterocycles. The molecule has 0 spiro atoms. The Bertz CT molecular complexity index is 1110. The number of hydrogen-bond donors (Lipinski definition) is 1. The van der Waals surface area contributed by atoms with Gasteiger partial charge in [0.05, 0.1) is 0 Å². The van der Waals surface area contributed by atoms with Crippen LogP contribution in [-0.4, -0.2) is 28.2 Å². The minimum Gasteiger partial charge on any atom is -0.236 e. The summed E-state index contributed by atoms with van der Waals surface area (Å²) in [6, 6.07) is 6.91. The molecule has 1 aromatic carbocycles. The number of halogens is 4. The van der Waals surface area contributed by atoms with Gasteiger partial charge in [-0.25, -0.2) is 23.5 Å². The number of aromatic nitrogens is 4. The molecule has 2 heterocycles. The summed E-state index contributed by atoms with van der Waals surface area (Å²) in [5.74, 6) is -1.59. The molecule has 142 valence electrons. The van der Waals surface area contributed by atoms with Gasteiger partial charge in [-0.2, -0.15) is 17.9 Å². The van der Waals surface area contributed by atoms with Crippen molar-refractivity contribution in [2.24, 2.45) is 5.14 Å². The number of sulfonamides is 1. The molecule has 0 aliphatic carbocycles. The Morgan fingerprint density at radius 2 is 1.89 bits per heavy atom. The van der Waals surface area contributed by atoms with E-state index < -0.39 is 22.0 Å². The Morgan fingerprint density at radius 1 is 1.19 bits per heavy atom. The zero-order chi connectivity index (χ0) is 20.0. The van der Waals surface area contributed by atoms with Gasteiger partial charge < -0.3 is 0 Å². The second kappa shape index (κ2) is 6.59. The zero-order valence-corrected chi connectivity index (χ0v) is 15.1. The highest BCUT2D eigenvalue weighted by atomic mass is 35.5. The van der Waals surface area contributed by atoms with Crippen molar-refractivity contribution in [2.75, 3.05) is 0 Å². The average Bonchev–Trinajstić information content (AvgIpc) is 3.02. The van der Waals surface area contributed by atoms with E-state index in [-0.39, 0.29) is 22.1 Å². The molecule has 0 saturated heterocycles. The lowest BCUT2D eigenvalue weighted by atomic mass is 10.1. The Hall–Kier alpha value is -2.50. The van der Waals surface area contributed by atoms with Gasteiger partial charge >= 0.3 is 6.18 Å². The molecule has 0 radical (unpaired) electrons. The molecular formula is C15H11ClF3N5O2S. The Labute approximate surface area is 156 Å². The SMILES string of the molecule is Cc1ccc(-c2nc(C(F)(F)F)nn2-c2ccc(S(N)(=O)=O)cn2)cc1Cl. The minimum absolute atomic E-state index is 0.0721. The van der Waals surface area contributed by atoms with Crippen molar-refractivity contribution in [3.63, 3.8) is 0 Å². The van der Waals surface area contributed by atoms with E-state index in [2.05, 4.69) is 15.1 Å². The van der Waals surface area contributed by atoms with Gasteiger partial charge in [0.15, 0.2) is 11.6 Å². The summed E-state index contributed by atoms with van der Waals surface area (Å²) in [5, 5.41) is 8.80. The number of benzene rings is 1. The van der Waals surface area contributed by atoms with Gasteiger partial charge in [0, 0.05) is 16.8 Å². The molecule has 0 unspecified atom stereocenters. The average molecular weight is 418 g/mol. The van der Waals surface area contributed by atoms with Crippen LogP contribution in [0.4, 0.5) is 13.2 Å². The van der Waals surface area contributed by atoms with Gasteiger partial charge in [-0.3, -0.25) is 0 Å². The van der Waals surface area contributed by atoms with E-state index in [9.17, 15) is 21.6 Å². The fourth-order valence-corrected chi connectivity index (χ4v) is 2.81. The Kier molecular flexibility index (Phi) is 4.70. The van der Waals surface area contributed by atoms with Crippen LogP contribution in [0.25, 0.3) is 17.2 Å². The van der Waals surface area contributed by atoms with E-state index in [0.29, 0.717) is 5.02 Å². The zero-order valence-electron chi connectivity index (χ0n) is 13.6. The minimum atomic E-state index is -4.78. The summed E-state index contributed by atoms with van der Waals surface area (Å²) in [4.78, 5) is 7.10. The van der Waals surface area contributed by atoms with Crippen LogP contribution in [0.2, 0.25) is 5.02 Å². The molecule has 12 heteroatoms. The number of hydrogen-bond acceptors (Lipinski definition) is 5. The van der Waals surface area contributed by atoms with Gasteiger partial charge in [0.25, 0.3) is 5.82 Å². The highest BCUT2D eigenvalue weighted by molar-refractivity contribution is 7.89. The van der Waals surface area contributed by atoms with Crippen molar-refractivity contribution in [1.29, 1.82) is 0 Å². The van der Waals surface area contributed by atoms with Crippen LogP contribution in [0.1, 0.15) is 11.4 Å². The summed E-state index contributed by atoms with van der Waals surface area (Å²) in [6.45, 7) is 1.74. The third-order valence-corrected chi connectivity index (χ3v) is 4.86. The number of pyridine rings is 1. The second-order valence-corrected chi connectivity index (χ2v) is 7.50. The number of nitrogens with zero attached hydrogens (tertiary/aromatic N) is 4. The van der Waals surface area contributed by atoms with E-state index in [0.717, 1.165) is 22.5 Å². The molecule has 0 atom stereocenters. The lowest BCUT2D eigenvalue weighted by Crippen LogP contribution is -2.13. The van der Waals surface area contributed by atoms with Crippen molar-refractivity contribution < 1.29 is 21.6 Å². The van der Waals surface area contributed by atoms with Crippen LogP contribution >= 0.6 is 11.6 Å². The van der Waals surface area contributed by atoms with Gasteiger partial charge in [-0.05, 0) is 30.7 Å². The van der Waals surface area contributed by atoms with Gasteiger partial charge in [-0.15, -0.1) is 5.10 Å². The van der Waals surface area contributed by atoms with Crippen LogP contribution in [0, 0.1) is 6.92 Å². The fraction of sp³-hybridized carbons (Fsp3) is 0.133. The first-order valence-electron chi connectivity index (χ1n) is 7.27. The summed E-state index contributed by atoms with van der Waals surface area (Å²) in [5.41, 5.74) is 1.02. The molecule has 0 bridgehead atoms. The van der Waals surface area contributed by atoms with Crippen LogP contribution in [0.15, 0.2) is 41.4 Å². The lowest BCUT2D eigenvalue weighted by molar-refractivity contribution is -0.144. The summed E-state index contributed by atoms with van der Waals surface area (Å²) in [6.07, 6.45) is -3.86. The maximum atomic E-state index is 13.1. The summed E-state index contributed by atoms with van der Waals surface area (Å²) >= 11 is 6.05. The predicted molar refractivity (Wildman–Crippen MR) is 90.7 cm³/mol. The Balaban J connectivity index is 2.19. The Morgan fingerprint density at radius 3 is 2.41 bits per heavy atom. The van der Waals surface area contributed by atoms with E-state index in [1.165, 1.54) is 12.1 Å². The van der Waals surface area contributed by atoms with E-state index in [1.807, 2.05) is 0 Å². The number of primary sulfonamides is 1.